The smallest absolute Gasteiger partial charge is 0.471 e. The van der Waals surface area contributed by atoms with Crippen molar-refractivity contribution in [1.29, 1.82) is 0 Å². The summed E-state index contributed by atoms with van der Waals surface area (Å²) >= 11 is 0. The van der Waals surface area contributed by atoms with Crippen LogP contribution in [0.2, 0.25) is 0 Å². The summed E-state index contributed by atoms with van der Waals surface area (Å²) < 4.78 is 46.9. The highest BCUT2D eigenvalue weighted by molar-refractivity contribution is 5.95. The molecule has 1 aromatic rings. The fourth-order valence-corrected chi connectivity index (χ4v) is 2.83. The van der Waals surface area contributed by atoms with Crippen molar-refractivity contribution in [1.82, 2.24) is 10.2 Å². The molecule has 9 heteroatoms. The number of nitrogens with one attached hydrogen (secondary N) is 1. The first kappa shape index (κ1) is 19.9. The highest BCUT2D eigenvalue weighted by Gasteiger charge is 2.38. The van der Waals surface area contributed by atoms with Gasteiger partial charge in [-0.15, -0.1) is 0 Å². The van der Waals surface area contributed by atoms with Gasteiger partial charge in [0.05, 0.1) is 14.2 Å². The van der Waals surface area contributed by atoms with Crippen LogP contribution in [0.1, 0.15) is 23.2 Å². The Morgan fingerprint density at radius 3 is 2.31 bits per heavy atom. The number of alkyl halides is 3. The molecule has 1 N–H and O–H groups in total. The molecular weight excluding hydrogens is 353 g/mol. The van der Waals surface area contributed by atoms with E-state index in [-0.39, 0.29) is 18.4 Å². The number of rotatable bonds is 5. The number of hydrogen-bond donors (Lipinski definition) is 1. The van der Waals surface area contributed by atoms with E-state index in [1.807, 2.05) is 5.32 Å². The third-order valence-electron chi connectivity index (χ3n) is 4.34. The molecule has 0 saturated carbocycles. The standard InChI is InChI=1S/C17H21F3N2O4/c1-25-13-4-3-12(9-14(13)26-2)15(23)22-7-5-11(6-8-22)10-21-16(24)17(18,19)20/h3-4,9,11H,5-8,10H2,1-2H3,(H,21,24). The van der Waals surface area contributed by atoms with E-state index in [1.54, 1.807) is 23.1 Å². The molecule has 1 fully saturated rings. The Bertz CT molecular complexity index is 656. The van der Waals surface area contributed by atoms with Crippen LogP contribution in [0, 0.1) is 5.92 Å². The summed E-state index contributed by atoms with van der Waals surface area (Å²) in [7, 11) is 2.98. The van der Waals surface area contributed by atoms with E-state index in [0.717, 1.165) is 0 Å². The molecule has 26 heavy (non-hydrogen) atoms. The van der Waals surface area contributed by atoms with Crippen molar-refractivity contribution in [3.63, 3.8) is 0 Å². The van der Waals surface area contributed by atoms with Crippen LogP contribution in [0.15, 0.2) is 18.2 Å². The molecule has 0 atom stereocenters. The maximum atomic E-state index is 12.6. The first-order chi connectivity index (χ1) is 12.3. The first-order valence-corrected chi connectivity index (χ1v) is 8.12. The molecule has 0 radical (unpaired) electrons. The lowest BCUT2D eigenvalue weighted by molar-refractivity contribution is -0.173. The second-order valence-electron chi connectivity index (χ2n) is 6.01. The van der Waals surface area contributed by atoms with Crippen molar-refractivity contribution in [3.8, 4) is 11.5 Å². The van der Waals surface area contributed by atoms with Gasteiger partial charge in [-0.25, -0.2) is 0 Å². The lowest BCUT2D eigenvalue weighted by Crippen LogP contribution is -2.44. The molecule has 0 spiro atoms. The highest BCUT2D eigenvalue weighted by atomic mass is 19.4. The normalized spacial score (nSPS) is 15.5. The van der Waals surface area contributed by atoms with E-state index < -0.39 is 12.1 Å². The Morgan fingerprint density at radius 1 is 1.15 bits per heavy atom. The van der Waals surface area contributed by atoms with E-state index in [4.69, 9.17) is 9.47 Å². The van der Waals surface area contributed by atoms with Gasteiger partial charge >= 0.3 is 12.1 Å². The number of hydrogen-bond acceptors (Lipinski definition) is 4. The molecule has 2 rings (SSSR count). The van der Waals surface area contributed by atoms with Gasteiger partial charge in [0, 0.05) is 25.2 Å². The number of ether oxygens (including phenoxy) is 2. The fourth-order valence-electron chi connectivity index (χ4n) is 2.83. The van der Waals surface area contributed by atoms with Crippen LogP contribution in [0.3, 0.4) is 0 Å². The minimum atomic E-state index is -4.87. The molecule has 0 aromatic heterocycles. The molecule has 0 bridgehead atoms. The summed E-state index contributed by atoms with van der Waals surface area (Å²) in [5.41, 5.74) is 0.450. The number of likely N-dealkylation sites (tertiary alicyclic amines) is 1. The Kier molecular flexibility index (Phi) is 6.33. The maximum Gasteiger partial charge on any atom is 0.471 e. The molecule has 6 nitrogen and oxygen atoms in total. The lowest BCUT2D eigenvalue weighted by atomic mass is 9.96. The SMILES string of the molecule is COc1ccc(C(=O)N2CCC(CNC(=O)C(F)(F)F)CC2)cc1OC. The zero-order valence-corrected chi connectivity index (χ0v) is 14.6. The zero-order chi connectivity index (χ0) is 19.3. The minimum Gasteiger partial charge on any atom is -0.493 e. The first-order valence-electron chi connectivity index (χ1n) is 8.12. The predicted molar refractivity (Wildman–Crippen MR) is 87.2 cm³/mol. The van der Waals surface area contributed by atoms with Gasteiger partial charge < -0.3 is 19.7 Å². The molecule has 1 heterocycles. The Hall–Kier alpha value is -2.45. The average molecular weight is 374 g/mol. The number of benzene rings is 1. The van der Waals surface area contributed by atoms with Crippen molar-refractivity contribution in [2.75, 3.05) is 33.9 Å². The molecular formula is C17H21F3N2O4. The molecule has 1 saturated heterocycles. The van der Waals surface area contributed by atoms with Gasteiger partial charge in [0.2, 0.25) is 0 Å². The van der Waals surface area contributed by atoms with E-state index in [9.17, 15) is 22.8 Å². The van der Waals surface area contributed by atoms with Crippen LogP contribution in [-0.4, -0.2) is 56.7 Å². The largest absolute Gasteiger partial charge is 0.493 e. The third kappa shape index (κ3) is 4.80. The second-order valence-corrected chi connectivity index (χ2v) is 6.01. The Balaban J connectivity index is 1.89. The summed E-state index contributed by atoms with van der Waals surface area (Å²) in [6, 6.07) is 4.88. The van der Waals surface area contributed by atoms with Crippen LogP contribution < -0.4 is 14.8 Å². The quantitative estimate of drug-likeness (QED) is 0.858. The highest BCUT2D eigenvalue weighted by Crippen LogP contribution is 2.28. The average Bonchev–Trinajstić information content (AvgIpc) is 2.64. The number of nitrogens with zero attached hydrogens (tertiary/aromatic N) is 1. The van der Waals surface area contributed by atoms with Gasteiger partial charge in [-0.1, -0.05) is 0 Å². The van der Waals surface area contributed by atoms with Gasteiger partial charge in [0.15, 0.2) is 11.5 Å². The number of halogens is 3. The Labute approximate surface area is 149 Å². The van der Waals surface area contributed by atoms with Gasteiger partial charge in [-0.3, -0.25) is 9.59 Å². The van der Waals surface area contributed by atoms with Crippen LogP contribution in [0.4, 0.5) is 13.2 Å². The summed E-state index contributed by atoms with van der Waals surface area (Å²) in [5.74, 6) is -1.23. The van der Waals surface area contributed by atoms with Gasteiger partial charge in [0.1, 0.15) is 0 Å². The summed E-state index contributed by atoms with van der Waals surface area (Å²) in [6.45, 7) is 0.788. The van der Waals surface area contributed by atoms with Crippen LogP contribution in [-0.2, 0) is 4.79 Å². The second kappa shape index (κ2) is 8.29. The number of piperidine rings is 1. The number of amides is 2. The number of methoxy groups -OCH3 is 2. The van der Waals surface area contributed by atoms with Crippen molar-refractivity contribution in [3.05, 3.63) is 23.8 Å². The topological polar surface area (TPSA) is 67.9 Å². The van der Waals surface area contributed by atoms with Gasteiger partial charge in [-0.05, 0) is 37.0 Å². The molecule has 2 amide bonds. The molecule has 1 aliphatic rings. The summed E-state index contributed by atoms with van der Waals surface area (Å²) in [5, 5.41) is 1.90. The molecule has 1 aromatic carbocycles. The number of carbonyl (C=O) groups is 2. The monoisotopic (exact) mass is 374 g/mol. The lowest BCUT2D eigenvalue weighted by Gasteiger charge is -2.32. The van der Waals surface area contributed by atoms with E-state index in [2.05, 4.69) is 0 Å². The van der Waals surface area contributed by atoms with Crippen molar-refractivity contribution >= 4 is 11.8 Å². The summed E-state index contributed by atoms with van der Waals surface area (Å²) in [6.07, 6.45) is -3.82. The predicted octanol–water partition coefficient (Wildman–Crippen LogP) is 2.23. The van der Waals surface area contributed by atoms with E-state index in [1.165, 1.54) is 14.2 Å². The summed E-state index contributed by atoms with van der Waals surface area (Å²) in [4.78, 5) is 25.1. The molecule has 0 aliphatic carbocycles. The maximum absolute atomic E-state index is 12.6. The number of carbonyl (C=O) groups excluding carboxylic acids is 2. The molecule has 1 aliphatic heterocycles. The van der Waals surface area contributed by atoms with Crippen LogP contribution in [0.25, 0.3) is 0 Å². The third-order valence-corrected chi connectivity index (χ3v) is 4.34. The van der Waals surface area contributed by atoms with E-state index >= 15 is 0 Å². The van der Waals surface area contributed by atoms with Crippen LogP contribution >= 0.6 is 0 Å². The zero-order valence-electron chi connectivity index (χ0n) is 14.6. The molecule has 0 unspecified atom stereocenters. The van der Waals surface area contributed by atoms with Gasteiger partial charge in [0.25, 0.3) is 5.91 Å². The minimum absolute atomic E-state index is 0.0449. The van der Waals surface area contributed by atoms with Crippen molar-refractivity contribution < 1.29 is 32.2 Å². The van der Waals surface area contributed by atoms with Crippen LogP contribution in [0.5, 0.6) is 11.5 Å². The van der Waals surface area contributed by atoms with Gasteiger partial charge in [-0.2, -0.15) is 13.2 Å². The Morgan fingerprint density at radius 2 is 1.77 bits per heavy atom. The fraction of sp³-hybridized carbons (Fsp3) is 0.529. The van der Waals surface area contributed by atoms with E-state index in [0.29, 0.717) is 43.0 Å². The molecule has 144 valence electrons. The van der Waals surface area contributed by atoms with Crippen molar-refractivity contribution in [2.45, 2.75) is 19.0 Å². The van der Waals surface area contributed by atoms with Crippen molar-refractivity contribution in [2.24, 2.45) is 5.92 Å².